The van der Waals surface area contributed by atoms with Crippen LogP contribution in [0.2, 0.25) is 10.0 Å². The molecule has 1 N–H and O–H groups in total. The Morgan fingerprint density at radius 2 is 1.97 bits per heavy atom. The normalized spacial score (nSPS) is 19.7. The third-order valence-corrected chi connectivity index (χ3v) is 8.40. The Balaban J connectivity index is 1.56. The Kier molecular flexibility index (Phi) is 9.03. The Bertz CT molecular complexity index is 1380. The van der Waals surface area contributed by atoms with Crippen molar-refractivity contribution in [1.29, 1.82) is 0 Å². The van der Waals surface area contributed by atoms with Crippen LogP contribution in [0.3, 0.4) is 0 Å². The van der Waals surface area contributed by atoms with Gasteiger partial charge in [-0.1, -0.05) is 23.2 Å². The van der Waals surface area contributed by atoms with Gasteiger partial charge in [0.25, 0.3) is 16.5 Å². The minimum Gasteiger partial charge on any atom is -0.473 e. The van der Waals surface area contributed by atoms with E-state index in [-0.39, 0.29) is 53.4 Å². The van der Waals surface area contributed by atoms with Gasteiger partial charge in [0.1, 0.15) is 35.4 Å². The molecule has 1 saturated carbocycles. The molecular weight excluding hydrogens is 553 g/mol. The molecule has 0 aliphatic heterocycles. The predicted octanol–water partition coefficient (Wildman–Crippen LogP) is 4.30. The van der Waals surface area contributed by atoms with E-state index in [2.05, 4.69) is 24.6 Å². The van der Waals surface area contributed by atoms with Gasteiger partial charge < -0.3 is 14.4 Å². The van der Waals surface area contributed by atoms with Crippen LogP contribution in [0.15, 0.2) is 53.8 Å². The fourth-order valence-corrected chi connectivity index (χ4v) is 6.22. The van der Waals surface area contributed by atoms with Gasteiger partial charge in [-0.2, -0.15) is 0 Å². The molecule has 3 aromatic rings. The zero-order valence-corrected chi connectivity index (χ0v) is 23.1. The largest absolute Gasteiger partial charge is 0.473 e. The lowest BCUT2D eigenvalue weighted by Crippen LogP contribution is -2.46. The molecule has 2 heterocycles. The maximum atomic E-state index is 13.0. The number of halogens is 2. The summed E-state index contributed by atoms with van der Waals surface area (Å²) in [6.07, 6.45) is 4.74. The summed E-state index contributed by atoms with van der Waals surface area (Å²) >= 11 is 12.7. The van der Waals surface area contributed by atoms with E-state index in [1.54, 1.807) is 6.07 Å². The number of hydrogen-bond donors (Lipinski definition) is 1. The quantitative estimate of drug-likeness (QED) is 0.350. The number of hydrogen-bond acceptors (Lipinski definition) is 9. The van der Waals surface area contributed by atoms with Crippen molar-refractivity contribution in [3.63, 3.8) is 0 Å². The van der Waals surface area contributed by atoms with E-state index in [1.807, 2.05) is 26.2 Å². The van der Waals surface area contributed by atoms with Crippen LogP contribution >= 0.6 is 23.2 Å². The van der Waals surface area contributed by atoms with E-state index in [9.17, 15) is 13.2 Å². The lowest BCUT2D eigenvalue weighted by atomic mass is 9.79. The van der Waals surface area contributed by atoms with E-state index >= 15 is 0 Å². The summed E-state index contributed by atoms with van der Waals surface area (Å²) in [5.41, 5.74) is 1.04. The van der Waals surface area contributed by atoms with Crippen LogP contribution in [0.5, 0.6) is 5.88 Å². The van der Waals surface area contributed by atoms with E-state index in [1.165, 1.54) is 30.7 Å². The highest BCUT2D eigenvalue weighted by molar-refractivity contribution is 7.92. The number of aromatic nitrogens is 3. The van der Waals surface area contributed by atoms with Gasteiger partial charge in [-0.05, 0) is 75.2 Å². The van der Waals surface area contributed by atoms with Crippen LogP contribution in [0.25, 0.3) is 0 Å². The zero-order chi connectivity index (χ0) is 27.3. The van der Waals surface area contributed by atoms with Crippen LogP contribution in [-0.4, -0.2) is 61.0 Å². The number of nitrogens with one attached hydrogen (secondary N) is 1. The summed E-state index contributed by atoms with van der Waals surface area (Å²) in [6.45, 7) is -0.119. The van der Waals surface area contributed by atoms with Gasteiger partial charge >= 0.3 is 0 Å². The molecule has 0 spiro atoms. The number of ether oxygens (including phenoxy) is 2. The lowest BCUT2D eigenvalue weighted by Gasteiger charge is -2.40. The Labute approximate surface area is 231 Å². The molecule has 1 aliphatic carbocycles. The topological polar surface area (TPSA) is 124 Å². The summed E-state index contributed by atoms with van der Waals surface area (Å²) in [6, 6.07) is 9.81. The first-order valence-corrected chi connectivity index (χ1v) is 14.0. The summed E-state index contributed by atoms with van der Waals surface area (Å²) in [7, 11) is -0.119. The Hall–Kier alpha value is -2.99. The summed E-state index contributed by atoms with van der Waals surface area (Å²) in [4.78, 5) is 24.8. The van der Waals surface area contributed by atoms with Gasteiger partial charge in [-0.25, -0.2) is 23.4 Å². The average Bonchev–Trinajstić information content (AvgIpc) is 2.89. The molecule has 3 atom stereocenters. The highest BCUT2D eigenvalue weighted by atomic mass is 35.5. The highest BCUT2D eigenvalue weighted by Gasteiger charge is 2.35. The second kappa shape index (κ2) is 12.2. The number of carbonyl (C=O) groups excluding carboxylic acids is 1. The number of pyridine rings is 1. The standard InChI is InChI=1S/C25H27Cl2N5O5S/c1-32(2)21-11-16(18-12-17(26)4-5-19(18)27)3-6-22(21)37-25-8-7-23(20(30-25)13-36-15-33)38(34,35)31-24-9-10-28-14-29-24/h4-5,7-10,12,14-16,21-22H,3,6,11,13H2,1-2H3,(H,28,29,31)/t16-,21-,22-/m0/s1. The van der Waals surface area contributed by atoms with Gasteiger partial charge in [-0.15, -0.1) is 0 Å². The Morgan fingerprint density at radius 1 is 1.16 bits per heavy atom. The van der Waals surface area contributed by atoms with Crippen molar-refractivity contribution in [3.8, 4) is 5.88 Å². The van der Waals surface area contributed by atoms with Gasteiger partial charge in [0, 0.05) is 28.4 Å². The molecule has 0 radical (unpaired) electrons. The van der Waals surface area contributed by atoms with Crippen molar-refractivity contribution in [2.24, 2.45) is 0 Å². The predicted molar refractivity (Wildman–Crippen MR) is 143 cm³/mol. The molecule has 202 valence electrons. The van der Waals surface area contributed by atoms with Crippen LogP contribution in [-0.2, 0) is 26.2 Å². The molecule has 1 aromatic carbocycles. The molecule has 2 aromatic heterocycles. The number of rotatable bonds is 10. The summed E-state index contributed by atoms with van der Waals surface area (Å²) < 4.78 is 39.6. The first-order chi connectivity index (χ1) is 18.2. The van der Waals surface area contributed by atoms with E-state index in [0.717, 1.165) is 18.4 Å². The Morgan fingerprint density at radius 3 is 2.68 bits per heavy atom. The fourth-order valence-electron chi connectivity index (χ4n) is 4.60. The molecule has 0 unspecified atom stereocenters. The first-order valence-electron chi connectivity index (χ1n) is 11.8. The maximum absolute atomic E-state index is 13.0. The molecule has 1 aliphatic rings. The molecule has 0 amide bonds. The monoisotopic (exact) mass is 579 g/mol. The molecule has 1 fully saturated rings. The van der Waals surface area contributed by atoms with Crippen molar-refractivity contribution in [2.45, 2.75) is 48.8 Å². The summed E-state index contributed by atoms with van der Waals surface area (Å²) in [5.74, 6) is 0.526. The van der Waals surface area contributed by atoms with Crippen LogP contribution < -0.4 is 9.46 Å². The minimum absolute atomic E-state index is 0.0250. The number of anilines is 1. The smallest absolute Gasteiger partial charge is 0.293 e. The van der Waals surface area contributed by atoms with Gasteiger partial charge in [0.15, 0.2) is 0 Å². The van der Waals surface area contributed by atoms with Gasteiger partial charge in [-0.3, -0.25) is 9.52 Å². The van der Waals surface area contributed by atoms with Crippen molar-refractivity contribution in [1.82, 2.24) is 19.9 Å². The van der Waals surface area contributed by atoms with Crippen LogP contribution in [0, 0.1) is 0 Å². The molecule has 10 nitrogen and oxygen atoms in total. The highest BCUT2D eigenvalue weighted by Crippen LogP contribution is 2.40. The van der Waals surface area contributed by atoms with Crippen molar-refractivity contribution < 1.29 is 22.7 Å². The molecule has 13 heteroatoms. The van der Waals surface area contributed by atoms with Gasteiger partial charge in [0.05, 0.1) is 0 Å². The van der Waals surface area contributed by atoms with Crippen LogP contribution in [0.1, 0.15) is 36.4 Å². The third-order valence-electron chi connectivity index (χ3n) is 6.39. The van der Waals surface area contributed by atoms with Crippen molar-refractivity contribution >= 4 is 45.5 Å². The zero-order valence-electron chi connectivity index (χ0n) is 20.8. The van der Waals surface area contributed by atoms with E-state index in [0.29, 0.717) is 16.5 Å². The summed E-state index contributed by atoms with van der Waals surface area (Å²) in [5, 5.41) is 1.33. The van der Waals surface area contributed by atoms with Gasteiger partial charge in [0.2, 0.25) is 5.88 Å². The number of likely N-dealkylation sites (N-methyl/N-ethyl adjacent to an activating group) is 1. The molecule has 0 bridgehead atoms. The number of benzene rings is 1. The fraction of sp³-hybridized carbons (Fsp3) is 0.360. The van der Waals surface area contributed by atoms with Crippen molar-refractivity contribution in [2.75, 3.05) is 18.8 Å². The maximum Gasteiger partial charge on any atom is 0.293 e. The second-order valence-electron chi connectivity index (χ2n) is 9.06. The minimum atomic E-state index is -4.08. The molecule has 4 rings (SSSR count). The lowest BCUT2D eigenvalue weighted by molar-refractivity contribution is -0.130. The van der Waals surface area contributed by atoms with E-state index in [4.69, 9.17) is 32.7 Å². The first kappa shape index (κ1) is 28.0. The number of carbonyl (C=O) groups is 1. The van der Waals surface area contributed by atoms with Crippen molar-refractivity contribution in [3.05, 3.63) is 70.2 Å². The average molecular weight is 580 g/mol. The second-order valence-corrected chi connectivity index (χ2v) is 11.6. The number of nitrogens with zero attached hydrogens (tertiary/aromatic N) is 4. The molecular formula is C25H27Cl2N5O5S. The third kappa shape index (κ3) is 6.71. The number of sulfonamides is 1. The SMILES string of the molecule is CN(C)[C@H]1C[C@@H](c2cc(Cl)ccc2Cl)CC[C@@H]1Oc1ccc(S(=O)(=O)Nc2ccncn2)c(COC=O)n1. The van der Waals surface area contributed by atoms with Crippen LogP contribution in [0.4, 0.5) is 5.82 Å². The molecule has 0 saturated heterocycles. The van der Waals surface area contributed by atoms with E-state index < -0.39 is 10.0 Å². The molecule has 38 heavy (non-hydrogen) atoms.